The molecule has 0 aromatic heterocycles. The van der Waals surface area contributed by atoms with E-state index >= 15 is 0 Å². The molecular weight excluding hydrogens is 461 g/mol. The lowest BCUT2D eigenvalue weighted by atomic mass is 10.1. The number of hydrogen-bond acceptors (Lipinski definition) is 3. The molecule has 26 heavy (non-hydrogen) atoms. The third kappa shape index (κ3) is 5.77. The first-order valence-corrected chi connectivity index (χ1v) is 9.67. The van der Waals surface area contributed by atoms with Crippen molar-refractivity contribution in [1.29, 1.82) is 0 Å². The molecule has 2 amide bonds. The van der Waals surface area contributed by atoms with Crippen LogP contribution in [0.4, 0.5) is 5.69 Å². The van der Waals surface area contributed by atoms with Crippen LogP contribution in [0.5, 0.6) is 0 Å². The van der Waals surface area contributed by atoms with Crippen molar-refractivity contribution in [1.82, 2.24) is 10.6 Å². The zero-order valence-corrected chi connectivity index (χ0v) is 17.5. The van der Waals surface area contributed by atoms with Crippen molar-refractivity contribution >= 4 is 57.4 Å². The Bertz CT molecular complexity index is 809. The lowest BCUT2D eigenvalue weighted by molar-refractivity contribution is 0.0937. The van der Waals surface area contributed by atoms with E-state index in [2.05, 4.69) is 38.5 Å². The highest BCUT2D eigenvalue weighted by Crippen LogP contribution is 2.12. The summed E-state index contributed by atoms with van der Waals surface area (Å²) in [7, 11) is 0. The van der Waals surface area contributed by atoms with E-state index in [1.54, 1.807) is 36.4 Å². The Balaban J connectivity index is 1.94. The molecule has 3 N–H and O–H groups in total. The maximum Gasteiger partial charge on any atom is 0.258 e. The number of rotatable bonds is 5. The molecular formula is C19H20IN3O2S. The lowest BCUT2D eigenvalue weighted by Gasteiger charge is -2.13. The number of benzene rings is 2. The van der Waals surface area contributed by atoms with E-state index in [4.69, 9.17) is 12.2 Å². The fourth-order valence-corrected chi connectivity index (χ4v) is 2.94. The molecule has 136 valence electrons. The lowest BCUT2D eigenvalue weighted by Crippen LogP contribution is -2.34. The molecule has 0 saturated carbocycles. The second kappa shape index (κ2) is 9.63. The third-order valence-corrected chi connectivity index (χ3v) is 4.89. The molecule has 1 unspecified atom stereocenters. The van der Waals surface area contributed by atoms with Crippen molar-refractivity contribution < 1.29 is 9.59 Å². The van der Waals surface area contributed by atoms with Gasteiger partial charge in [0.2, 0.25) is 0 Å². The van der Waals surface area contributed by atoms with Crippen LogP contribution < -0.4 is 16.0 Å². The Kier molecular flexibility index (Phi) is 7.52. The third-order valence-electron chi connectivity index (χ3n) is 3.74. The van der Waals surface area contributed by atoms with E-state index in [1.165, 1.54) is 0 Å². The molecule has 2 aromatic rings. The average molecular weight is 481 g/mol. The molecule has 0 radical (unpaired) electrons. The van der Waals surface area contributed by atoms with E-state index in [0.717, 1.165) is 9.99 Å². The number of amides is 2. The average Bonchev–Trinajstić information content (AvgIpc) is 2.62. The van der Waals surface area contributed by atoms with Gasteiger partial charge in [0.25, 0.3) is 11.8 Å². The molecule has 0 bridgehead atoms. The summed E-state index contributed by atoms with van der Waals surface area (Å²) in [6, 6.07) is 14.3. The highest BCUT2D eigenvalue weighted by atomic mass is 127. The smallest absolute Gasteiger partial charge is 0.258 e. The summed E-state index contributed by atoms with van der Waals surface area (Å²) < 4.78 is 0.849. The molecule has 7 heteroatoms. The fourth-order valence-electron chi connectivity index (χ4n) is 2.09. The Morgan fingerprint density at radius 1 is 1.08 bits per heavy atom. The van der Waals surface area contributed by atoms with Gasteiger partial charge in [0.15, 0.2) is 5.11 Å². The SMILES string of the molecule is CCC(C)NC(=O)c1ccc(NC(=S)NC(=O)c2ccccc2I)cc1. The van der Waals surface area contributed by atoms with Gasteiger partial charge in [0, 0.05) is 20.9 Å². The highest BCUT2D eigenvalue weighted by Gasteiger charge is 2.12. The summed E-state index contributed by atoms with van der Waals surface area (Å²) in [5.41, 5.74) is 1.83. The van der Waals surface area contributed by atoms with Crippen molar-refractivity contribution in [2.24, 2.45) is 0 Å². The summed E-state index contributed by atoms with van der Waals surface area (Å²) in [6.45, 7) is 3.98. The first kappa shape index (κ1) is 20.3. The number of hydrogen-bond donors (Lipinski definition) is 3. The molecule has 5 nitrogen and oxygen atoms in total. The maximum absolute atomic E-state index is 12.2. The van der Waals surface area contributed by atoms with Gasteiger partial charge in [0.05, 0.1) is 5.56 Å². The summed E-state index contributed by atoms with van der Waals surface area (Å²) in [5, 5.41) is 8.71. The minimum Gasteiger partial charge on any atom is -0.350 e. The molecule has 2 rings (SSSR count). The van der Waals surface area contributed by atoms with Crippen molar-refractivity contribution in [3.63, 3.8) is 0 Å². The molecule has 0 aliphatic rings. The maximum atomic E-state index is 12.2. The predicted molar refractivity (Wildman–Crippen MR) is 117 cm³/mol. The zero-order valence-electron chi connectivity index (χ0n) is 14.5. The van der Waals surface area contributed by atoms with Crippen LogP contribution in [0.15, 0.2) is 48.5 Å². The van der Waals surface area contributed by atoms with Crippen molar-refractivity contribution in [2.45, 2.75) is 26.3 Å². The molecule has 2 aromatic carbocycles. The predicted octanol–water partition coefficient (Wildman–Crippen LogP) is 3.95. The second-order valence-electron chi connectivity index (χ2n) is 5.75. The van der Waals surface area contributed by atoms with Gasteiger partial charge in [-0.15, -0.1) is 0 Å². The molecule has 0 saturated heterocycles. The summed E-state index contributed by atoms with van der Waals surface area (Å²) in [5.74, 6) is -0.377. The van der Waals surface area contributed by atoms with Crippen molar-refractivity contribution in [3.8, 4) is 0 Å². The van der Waals surface area contributed by atoms with Crippen LogP contribution >= 0.6 is 34.8 Å². The van der Waals surface area contributed by atoms with E-state index in [0.29, 0.717) is 16.8 Å². The van der Waals surface area contributed by atoms with Crippen LogP contribution in [0.1, 0.15) is 41.0 Å². The Morgan fingerprint density at radius 3 is 2.35 bits per heavy atom. The topological polar surface area (TPSA) is 70.2 Å². The van der Waals surface area contributed by atoms with Gasteiger partial charge < -0.3 is 10.6 Å². The van der Waals surface area contributed by atoms with Crippen molar-refractivity contribution in [3.05, 3.63) is 63.2 Å². The fraction of sp³-hybridized carbons (Fsp3) is 0.211. The van der Waals surface area contributed by atoms with Gasteiger partial charge in [-0.25, -0.2) is 0 Å². The number of anilines is 1. The Morgan fingerprint density at radius 2 is 1.73 bits per heavy atom. The normalized spacial score (nSPS) is 11.3. The van der Waals surface area contributed by atoms with Crippen LogP contribution in [-0.2, 0) is 0 Å². The molecule has 0 aliphatic carbocycles. The first-order valence-electron chi connectivity index (χ1n) is 8.18. The molecule has 0 aliphatic heterocycles. The van der Waals surface area contributed by atoms with Crippen LogP contribution in [0.25, 0.3) is 0 Å². The molecule has 0 heterocycles. The number of carbonyl (C=O) groups excluding carboxylic acids is 2. The van der Waals surface area contributed by atoms with Gasteiger partial charge in [-0.05, 0) is 84.6 Å². The van der Waals surface area contributed by atoms with Crippen LogP contribution in [0.3, 0.4) is 0 Å². The van der Waals surface area contributed by atoms with E-state index in [-0.39, 0.29) is 23.0 Å². The minimum absolute atomic E-state index is 0.111. The number of halogens is 1. The standard InChI is InChI=1S/C19H20IN3O2S/c1-3-12(2)21-17(24)13-8-10-14(11-9-13)22-19(26)23-18(25)15-6-4-5-7-16(15)20/h4-12H,3H2,1-2H3,(H,21,24)(H2,22,23,25,26). The van der Waals surface area contributed by atoms with E-state index < -0.39 is 0 Å². The molecule has 1 atom stereocenters. The van der Waals surface area contributed by atoms with Gasteiger partial charge in [-0.3, -0.25) is 14.9 Å². The van der Waals surface area contributed by atoms with Gasteiger partial charge in [0.1, 0.15) is 0 Å². The summed E-state index contributed by atoms with van der Waals surface area (Å²) in [6.07, 6.45) is 0.875. The first-order chi connectivity index (χ1) is 12.4. The Labute approximate surface area is 172 Å². The van der Waals surface area contributed by atoms with Crippen LogP contribution in [-0.4, -0.2) is 23.0 Å². The number of carbonyl (C=O) groups is 2. The van der Waals surface area contributed by atoms with Gasteiger partial charge >= 0.3 is 0 Å². The number of thiocarbonyl (C=S) groups is 1. The zero-order chi connectivity index (χ0) is 19.1. The van der Waals surface area contributed by atoms with Gasteiger partial charge in [-0.1, -0.05) is 19.1 Å². The summed E-state index contributed by atoms with van der Waals surface area (Å²) in [4.78, 5) is 24.3. The molecule has 0 spiro atoms. The largest absolute Gasteiger partial charge is 0.350 e. The summed E-state index contributed by atoms with van der Waals surface area (Å²) >= 11 is 7.29. The number of nitrogens with one attached hydrogen (secondary N) is 3. The van der Waals surface area contributed by atoms with Crippen molar-refractivity contribution in [2.75, 3.05) is 5.32 Å². The Hall–Kier alpha value is -2.00. The monoisotopic (exact) mass is 481 g/mol. The minimum atomic E-state index is -0.267. The van der Waals surface area contributed by atoms with Gasteiger partial charge in [-0.2, -0.15) is 0 Å². The van der Waals surface area contributed by atoms with Crippen LogP contribution in [0, 0.1) is 3.57 Å². The van der Waals surface area contributed by atoms with E-state index in [1.807, 2.05) is 26.0 Å². The van der Waals surface area contributed by atoms with Crippen LogP contribution in [0.2, 0.25) is 0 Å². The highest BCUT2D eigenvalue weighted by molar-refractivity contribution is 14.1. The van der Waals surface area contributed by atoms with E-state index in [9.17, 15) is 9.59 Å². The molecule has 0 fully saturated rings. The second-order valence-corrected chi connectivity index (χ2v) is 7.32. The quantitative estimate of drug-likeness (QED) is 0.447.